The first kappa shape index (κ1) is 17.1. The van der Waals surface area contributed by atoms with Crippen molar-refractivity contribution in [3.8, 4) is 5.75 Å². The van der Waals surface area contributed by atoms with Gasteiger partial charge in [0.15, 0.2) is 0 Å². The van der Waals surface area contributed by atoms with E-state index in [0.29, 0.717) is 12.3 Å². The Labute approximate surface area is 137 Å². The molecular formula is C16H21N3O3S. The van der Waals surface area contributed by atoms with Gasteiger partial charge in [0.25, 0.3) is 0 Å². The van der Waals surface area contributed by atoms with Crippen LogP contribution >= 0.6 is 0 Å². The van der Waals surface area contributed by atoms with Crippen LogP contribution in [0.15, 0.2) is 48.5 Å². The van der Waals surface area contributed by atoms with E-state index in [1.807, 2.05) is 31.2 Å². The third-order valence-corrected chi connectivity index (χ3v) is 4.53. The minimum absolute atomic E-state index is 0.502. The van der Waals surface area contributed by atoms with Crippen molar-refractivity contribution in [2.24, 2.45) is 0 Å². The van der Waals surface area contributed by atoms with Crippen LogP contribution in [0.4, 0.5) is 17.1 Å². The number of rotatable bonds is 7. The van der Waals surface area contributed by atoms with Gasteiger partial charge in [-0.05, 0) is 43.3 Å². The number of benzene rings is 2. The second kappa shape index (κ2) is 7.34. The highest BCUT2D eigenvalue weighted by atomic mass is 32.2. The monoisotopic (exact) mass is 335 g/mol. The second-order valence-electron chi connectivity index (χ2n) is 5.02. The van der Waals surface area contributed by atoms with E-state index in [2.05, 4.69) is 10.0 Å². The van der Waals surface area contributed by atoms with E-state index in [1.165, 1.54) is 14.1 Å². The standard InChI is InChI=1S/C16H21N3O3S/c1-4-22-16-8-6-5-7-15(16)17-13-9-11-14(12-10-13)18-23(20,21)19(2)3/h5-12,17-18H,4H2,1-3H3. The largest absolute Gasteiger partial charge is 0.492 e. The number of nitrogens with zero attached hydrogens (tertiary/aromatic N) is 1. The first-order valence-corrected chi connectivity index (χ1v) is 8.65. The van der Waals surface area contributed by atoms with E-state index in [9.17, 15) is 8.42 Å². The fourth-order valence-corrected chi connectivity index (χ4v) is 2.49. The Hall–Kier alpha value is -2.25. The summed E-state index contributed by atoms with van der Waals surface area (Å²) in [6.07, 6.45) is 0. The summed E-state index contributed by atoms with van der Waals surface area (Å²) >= 11 is 0. The molecule has 124 valence electrons. The van der Waals surface area contributed by atoms with Gasteiger partial charge in [-0.15, -0.1) is 0 Å². The fourth-order valence-electron chi connectivity index (χ4n) is 1.87. The minimum atomic E-state index is -3.49. The van der Waals surface area contributed by atoms with Crippen molar-refractivity contribution in [2.45, 2.75) is 6.92 Å². The summed E-state index contributed by atoms with van der Waals surface area (Å²) < 4.78 is 32.7. The lowest BCUT2D eigenvalue weighted by Gasteiger charge is -2.15. The van der Waals surface area contributed by atoms with Crippen molar-refractivity contribution in [3.63, 3.8) is 0 Å². The molecule has 7 heteroatoms. The van der Waals surface area contributed by atoms with Gasteiger partial charge in [-0.3, -0.25) is 4.72 Å². The number of anilines is 3. The molecule has 23 heavy (non-hydrogen) atoms. The smallest absolute Gasteiger partial charge is 0.301 e. The predicted octanol–water partition coefficient (Wildman–Crippen LogP) is 3.05. The molecule has 0 saturated heterocycles. The zero-order valence-electron chi connectivity index (χ0n) is 13.4. The van der Waals surface area contributed by atoms with E-state index in [4.69, 9.17) is 4.74 Å². The maximum Gasteiger partial charge on any atom is 0.301 e. The van der Waals surface area contributed by atoms with Crippen LogP contribution in [-0.2, 0) is 10.2 Å². The van der Waals surface area contributed by atoms with Crippen LogP contribution in [0.5, 0.6) is 5.75 Å². The lowest BCUT2D eigenvalue weighted by Crippen LogP contribution is -2.28. The summed E-state index contributed by atoms with van der Waals surface area (Å²) in [5.74, 6) is 0.771. The summed E-state index contributed by atoms with van der Waals surface area (Å²) in [4.78, 5) is 0. The number of hydrogen-bond donors (Lipinski definition) is 2. The molecule has 0 aliphatic rings. The van der Waals surface area contributed by atoms with Crippen molar-refractivity contribution in [3.05, 3.63) is 48.5 Å². The summed E-state index contributed by atoms with van der Waals surface area (Å²) in [5, 5.41) is 3.26. The second-order valence-corrected chi connectivity index (χ2v) is 6.91. The Morgan fingerprint density at radius 2 is 1.61 bits per heavy atom. The molecule has 0 aromatic heterocycles. The van der Waals surface area contributed by atoms with Crippen LogP contribution < -0.4 is 14.8 Å². The molecular weight excluding hydrogens is 314 g/mol. The van der Waals surface area contributed by atoms with Crippen molar-refractivity contribution >= 4 is 27.3 Å². The number of para-hydroxylation sites is 2. The zero-order chi connectivity index (χ0) is 16.9. The summed E-state index contributed by atoms with van der Waals surface area (Å²) in [7, 11) is -0.544. The average molecular weight is 335 g/mol. The van der Waals surface area contributed by atoms with Gasteiger partial charge in [0.1, 0.15) is 5.75 Å². The average Bonchev–Trinajstić information content (AvgIpc) is 2.51. The normalized spacial score (nSPS) is 11.3. The first-order valence-electron chi connectivity index (χ1n) is 7.21. The van der Waals surface area contributed by atoms with Gasteiger partial charge in [0.2, 0.25) is 0 Å². The first-order chi connectivity index (χ1) is 10.9. The predicted molar refractivity (Wildman–Crippen MR) is 93.6 cm³/mol. The third-order valence-electron chi connectivity index (χ3n) is 3.08. The van der Waals surface area contributed by atoms with Crippen LogP contribution in [0.1, 0.15) is 6.92 Å². The van der Waals surface area contributed by atoms with Gasteiger partial charge in [0.05, 0.1) is 12.3 Å². The summed E-state index contributed by atoms with van der Waals surface area (Å²) in [6.45, 7) is 2.52. The Morgan fingerprint density at radius 3 is 2.22 bits per heavy atom. The minimum Gasteiger partial charge on any atom is -0.492 e. The molecule has 0 aliphatic carbocycles. The van der Waals surface area contributed by atoms with Gasteiger partial charge in [-0.2, -0.15) is 12.7 Å². The fraction of sp³-hybridized carbons (Fsp3) is 0.250. The lowest BCUT2D eigenvalue weighted by atomic mass is 10.2. The molecule has 0 amide bonds. The van der Waals surface area contributed by atoms with Crippen LogP contribution in [0.2, 0.25) is 0 Å². The molecule has 0 aliphatic heterocycles. The highest BCUT2D eigenvalue weighted by Gasteiger charge is 2.12. The van der Waals surface area contributed by atoms with E-state index < -0.39 is 10.2 Å². The lowest BCUT2D eigenvalue weighted by molar-refractivity contribution is 0.342. The molecule has 0 unspecified atom stereocenters. The van der Waals surface area contributed by atoms with Crippen LogP contribution in [0.3, 0.4) is 0 Å². The molecule has 6 nitrogen and oxygen atoms in total. The maximum absolute atomic E-state index is 11.8. The van der Waals surface area contributed by atoms with E-state index in [1.54, 1.807) is 24.3 Å². The van der Waals surface area contributed by atoms with Crippen molar-refractivity contribution in [1.82, 2.24) is 4.31 Å². The van der Waals surface area contributed by atoms with E-state index in [0.717, 1.165) is 21.4 Å². The van der Waals surface area contributed by atoms with Crippen LogP contribution in [-0.4, -0.2) is 33.4 Å². The molecule has 0 fully saturated rings. The Bertz CT molecular complexity index is 743. The van der Waals surface area contributed by atoms with Gasteiger partial charge in [-0.1, -0.05) is 12.1 Å². The molecule has 0 radical (unpaired) electrons. The Balaban J connectivity index is 2.12. The van der Waals surface area contributed by atoms with Gasteiger partial charge in [-0.25, -0.2) is 0 Å². The third kappa shape index (κ3) is 4.61. The quantitative estimate of drug-likeness (QED) is 0.816. The zero-order valence-corrected chi connectivity index (χ0v) is 14.2. The van der Waals surface area contributed by atoms with E-state index in [-0.39, 0.29) is 0 Å². The van der Waals surface area contributed by atoms with Gasteiger partial charge < -0.3 is 10.1 Å². The van der Waals surface area contributed by atoms with Crippen molar-refractivity contribution in [1.29, 1.82) is 0 Å². The van der Waals surface area contributed by atoms with Gasteiger partial charge in [0, 0.05) is 25.5 Å². The topological polar surface area (TPSA) is 70.7 Å². The molecule has 2 rings (SSSR count). The van der Waals surface area contributed by atoms with Crippen molar-refractivity contribution < 1.29 is 13.2 Å². The molecule has 0 atom stereocenters. The van der Waals surface area contributed by atoms with Crippen LogP contribution in [0.25, 0.3) is 0 Å². The molecule has 0 heterocycles. The van der Waals surface area contributed by atoms with Gasteiger partial charge >= 0.3 is 10.2 Å². The highest BCUT2D eigenvalue weighted by Crippen LogP contribution is 2.28. The molecule has 2 aromatic rings. The van der Waals surface area contributed by atoms with Crippen LogP contribution in [0, 0.1) is 0 Å². The molecule has 0 saturated carbocycles. The molecule has 2 N–H and O–H groups in total. The SMILES string of the molecule is CCOc1ccccc1Nc1ccc(NS(=O)(=O)N(C)C)cc1. The maximum atomic E-state index is 11.8. The molecule has 2 aromatic carbocycles. The molecule has 0 bridgehead atoms. The van der Waals surface area contributed by atoms with Crippen molar-refractivity contribution in [2.75, 3.05) is 30.7 Å². The summed E-state index contributed by atoms with van der Waals surface area (Å²) in [5.41, 5.74) is 2.20. The highest BCUT2D eigenvalue weighted by molar-refractivity contribution is 7.90. The molecule has 0 spiro atoms. The number of hydrogen-bond acceptors (Lipinski definition) is 4. The Kier molecular flexibility index (Phi) is 5.46. The van der Waals surface area contributed by atoms with E-state index >= 15 is 0 Å². The summed E-state index contributed by atoms with van der Waals surface area (Å²) in [6, 6.07) is 14.7. The Morgan fingerprint density at radius 1 is 1.00 bits per heavy atom. The number of ether oxygens (including phenoxy) is 1. The number of nitrogens with one attached hydrogen (secondary N) is 2.